The van der Waals surface area contributed by atoms with Gasteiger partial charge in [-0.2, -0.15) is 5.10 Å². The monoisotopic (exact) mass is 421 g/mol. The van der Waals surface area contributed by atoms with Crippen molar-refractivity contribution >= 4 is 52.4 Å². The summed E-state index contributed by atoms with van der Waals surface area (Å²) >= 11 is 17.5. The second-order valence-corrected chi connectivity index (χ2v) is 7.55. The number of nitrogens with one attached hydrogen (secondary N) is 1. The number of hydrogen-bond acceptors (Lipinski definition) is 4. The zero-order valence-electron chi connectivity index (χ0n) is 14.7. The van der Waals surface area contributed by atoms with Crippen LogP contribution in [0.5, 0.6) is 0 Å². The summed E-state index contributed by atoms with van der Waals surface area (Å²) in [5, 5.41) is 5.61. The molecule has 5 nitrogen and oxygen atoms in total. The normalized spacial score (nSPS) is 15.3. The molecule has 1 aliphatic rings. The van der Waals surface area contributed by atoms with E-state index in [0.29, 0.717) is 5.02 Å². The maximum absolute atomic E-state index is 6.49. The molecule has 3 N–H and O–H groups in total. The molecule has 0 aliphatic carbocycles. The fraction of sp³-hybridized carbons (Fsp3) is 0.263. The van der Waals surface area contributed by atoms with E-state index in [1.54, 1.807) is 6.21 Å². The molecule has 0 unspecified atom stereocenters. The van der Waals surface area contributed by atoms with Crippen LogP contribution in [0.1, 0.15) is 11.1 Å². The van der Waals surface area contributed by atoms with Gasteiger partial charge in [-0.3, -0.25) is 10.3 Å². The molecule has 2 aromatic carbocycles. The van der Waals surface area contributed by atoms with Crippen molar-refractivity contribution in [2.24, 2.45) is 10.8 Å². The van der Waals surface area contributed by atoms with Gasteiger partial charge in [-0.15, -0.1) is 0 Å². The van der Waals surface area contributed by atoms with Gasteiger partial charge in [0, 0.05) is 37.7 Å². The van der Waals surface area contributed by atoms with Crippen LogP contribution < -0.4 is 16.1 Å². The van der Waals surface area contributed by atoms with Gasteiger partial charge >= 0.3 is 0 Å². The van der Waals surface area contributed by atoms with Gasteiger partial charge in [-0.05, 0) is 41.5 Å². The molecule has 1 fully saturated rings. The molecule has 0 amide bonds. The zero-order chi connectivity index (χ0) is 19.2. The van der Waals surface area contributed by atoms with Gasteiger partial charge in [0.15, 0.2) is 5.11 Å². The highest BCUT2D eigenvalue weighted by Crippen LogP contribution is 2.28. The highest BCUT2D eigenvalue weighted by molar-refractivity contribution is 7.80. The van der Waals surface area contributed by atoms with Gasteiger partial charge in [-0.25, -0.2) is 0 Å². The molecule has 0 bridgehead atoms. The summed E-state index contributed by atoms with van der Waals surface area (Å²) in [5.74, 6) is 0. The third kappa shape index (κ3) is 5.56. The second kappa shape index (κ2) is 9.37. The fourth-order valence-electron chi connectivity index (χ4n) is 3.04. The smallest absolute Gasteiger partial charge is 0.184 e. The van der Waals surface area contributed by atoms with Gasteiger partial charge in [0.2, 0.25) is 0 Å². The summed E-state index contributed by atoms with van der Waals surface area (Å²) in [6.45, 7) is 4.62. The third-order valence-electron chi connectivity index (χ3n) is 4.42. The molecule has 1 heterocycles. The van der Waals surface area contributed by atoms with Crippen molar-refractivity contribution in [3.63, 3.8) is 0 Å². The topological polar surface area (TPSA) is 56.9 Å². The van der Waals surface area contributed by atoms with E-state index in [2.05, 4.69) is 26.4 Å². The molecule has 1 aliphatic heterocycles. The lowest BCUT2D eigenvalue weighted by atomic mass is 10.1. The Labute approximate surface area is 174 Å². The van der Waals surface area contributed by atoms with Crippen LogP contribution in [0.3, 0.4) is 0 Å². The molecule has 2 aromatic rings. The third-order valence-corrected chi connectivity index (χ3v) is 5.19. The number of anilines is 1. The molecular weight excluding hydrogens is 401 g/mol. The second-order valence-electron chi connectivity index (χ2n) is 6.30. The fourth-order valence-corrected chi connectivity index (χ4v) is 3.60. The van der Waals surface area contributed by atoms with Crippen molar-refractivity contribution in [3.8, 4) is 0 Å². The number of hydrazone groups is 1. The Morgan fingerprint density at radius 2 is 1.85 bits per heavy atom. The van der Waals surface area contributed by atoms with E-state index in [0.717, 1.165) is 49.0 Å². The van der Waals surface area contributed by atoms with E-state index < -0.39 is 0 Å². The number of benzene rings is 2. The molecule has 8 heteroatoms. The summed E-state index contributed by atoms with van der Waals surface area (Å²) < 4.78 is 0. The average molecular weight is 422 g/mol. The van der Waals surface area contributed by atoms with Crippen molar-refractivity contribution in [3.05, 3.63) is 63.6 Å². The van der Waals surface area contributed by atoms with Gasteiger partial charge in [0.05, 0.1) is 16.9 Å². The molecule has 0 saturated carbocycles. The summed E-state index contributed by atoms with van der Waals surface area (Å²) in [6, 6.07) is 13.9. The molecular formula is C19H21Cl2N5S. The Kier molecular flexibility index (Phi) is 6.90. The number of piperazine rings is 1. The van der Waals surface area contributed by atoms with Crippen LogP contribution in [0.15, 0.2) is 47.6 Å². The molecule has 0 radical (unpaired) electrons. The van der Waals surface area contributed by atoms with Crippen LogP contribution in [-0.2, 0) is 6.54 Å². The van der Waals surface area contributed by atoms with E-state index in [4.69, 9.17) is 41.2 Å². The van der Waals surface area contributed by atoms with Crippen molar-refractivity contribution in [2.75, 3.05) is 31.1 Å². The highest BCUT2D eigenvalue weighted by Gasteiger charge is 2.19. The molecule has 27 heavy (non-hydrogen) atoms. The quantitative estimate of drug-likeness (QED) is 0.439. The lowest BCUT2D eigenvalue weighted by molar-refractivity contribution is 0.250. The van der Waals surface area contributed by atoms with Crippen LogP contribution in [0, 0.1) is 0 Å². The molecule has 142 valence electrons. The number of thiocarbonyl (C=S) groups is 1. The standard InChI is InChI=1S/C19H21Cl2N5S/c20-16-4-2-1-3-15(16)13-25-7-9-26(10-8-25)18-6-5-14(11-17(18)21)12-23-24-19(22)27/h1-6,11-12H,7-10,13H2,(H3,22,24,27). The van der Waals surface area contributed by atoms with E-state index in [-0.39, 0.29) is 5.11 Å². The maximum Gasteiger partial charge on any atom is 0.184 e. The Hall–Kier alpha value is -1.86. The Morgan fingerprint density at radius 3 is 2.52 bits per heavy atom. The summed E-state index contributed by atoms with van der Waals surface area (Å²) in [4.78, 5) is 4.72. The SMILES string of the molecule is NC(=S)NN=Cc1ccc(N2CCN(Cc3ccccc3Cl)CC2)c(Cl)c1. The van der Waals surface area contributed by atoms with E-state index in [9.17, 15) is 0 Å². The van der Waals surface area contributed by atoms with Gasteiger partial charge in [0.25, 0.3) is 0 Å². The number of nitrogens with two attached hydrogens (primary N) is 1. The van der Waals surface area contributed by atoms with Crippen molar-refractivity contribution < 1.29 is 0 Å². The minimum atomic E-state index is 0.128. The Morgan fingerprint density at radius 1 is 1.11 bits per heavy atom. The lowest BCUT2D eigenvalue weighted by Gasteiger charge is -2.36. The minimum absolute atomic E-state index is 0.128. The number of hydrogen-bond donors (Lipinski definition) is 2. The van der Waals surface area contributed by atoms with E-state index in [1.165, 1.54) is 5.56 Å². The predicted molar refractivity (Wildman–Crippen MR) is 118 cm³/mol. The van der Waals surface area contributed by atoms with Gasteiger partial charge in [-0.1, -0.05) is 47.5 Å². The highest BCUT2D eigenvalue weighted by atomic mass is 35.5. The number of halogens is 2. The number of rotatable bonds is 5. The molecule has 0 atom stereocenters. The number of nitrogens with zero attached hydrogens (tertiary/aromatic N) is 3. The van der Waals surface area contributed by atoms with Crippen molar-refractivity contribution in [2.45, 2.75) is 6.54 Å². The summed E-state index contributed by atoms with van der Waals surface area (Å²) in [6.07, 6.45) is 1.64. The van der Waals surface area contributed by atoms with Crippen LogP contribution in [0.25, 0.3) is 0 Å². The molecule has 1 saturated heterocycles. The lowest BCUT2D eigenvalue weighted by Crippen LogP contribution is -2.46. The summed E-state index contributed by atoms with van der Waals surface area (Å²) in [5.41, 5.74) is 11.0. The average Bonchev–Trinajstić information content (AvgIpc) is 2.64. The van der Waals surface area contributed by atoms with Crippen molar-refractivity contribution in [1.82, 2.24) is 10.3 Å². The Bertz CT molecular complexity index is 835. The van der Waals surface area contributed by atoms with Gasteiger partial charge in [0.1, 0.15) is 0 Å². The van der Waals surface area contributed by atoms with Crippen LogP contribution in [0.4, 0.5) is 5.69 Å². The first kappa shape index (κ1) is 19.9. The van der Waals surface area contributed by atoms with Crippen LogP contribution >= 0.6 is 35.4 Å². The van der Waals surface area contributed by atoms with Crippen molar-refractivity contribution in [1.29, 1.82) is 0 Å². The maximum atomic E-state index is 6.49. The summed E-state index contributed by atoms with van der Waals surface area (Å²) in [7, 11) is 0. The first-order chi connectivity index (χ1) is 13.0. The van der Waals surface area contributed by atoms with E-state index >= 15 is 0 Å². The van der Waals surface area contributed by atoms with Crippen LogP contribution in [-0.4, -0.2) is 42.4 Å². The molecule has 3 rings (SSSR count). The van der Waals surface area contributed by atoms with E-state index in [1.807, 2.05) is 36.4 Å². The molecule has 0 spiro atoms. The molecule has 0 aromatic heterocycles. The zero-order valence-corrected chi connectivity index (χ0v) is 17.1. The largest absolute Gasteiger partial charge is 0.375 e. The first-order valence-electron chi connectivity index (χ1n) is 8.61. The predicted octanol–water partition coefficient (Wildman–Crippen LogP) is 3.48. The van der Waals surface area contributed by atoms with Crippen LogP contribution in [0.2, 0.25) is 10.0 Å². The first-order valence-corrected chi connectivity index (χ1v) is 9.78. The Balaban J connectivity index is 1.58. The minimum Gasteiger partial charge on any atom is -0.375 e. The van der Waals surface area contributed by atoms with Gasteiger partial charge < -0.3 is 10.6 Å².